The van der Waals surface area contributed by atoms with Gasteiger partial charge in [0.05, 0.1) is 5.56 Å². The van der Waals surface area contributed by atoms with Crippen molar-refractivity contribution in [3.05, 3.63) is 40.7 Å². The number of carbonyl (C=O) groups excluding carboxylic acids is 1. The van der Waals surface area contributed by atoms with E-state index in [0.717, 1.165) is 23.5 Å². The van der Waals surface area contributed by atoms with Crippen LogP contribution in [0, 0.1) is 5.82 Å². The van der Waals surface area contributed by atoms with Crippen LogP contribution in [0.15, 0.2) is 23.6 Å². The summed E-state index contributed by atoms with van der Waals surface area (Å²) in [7, 11) is 0. The second-order valence-corrected chi connectivity index (χ2v) is 4.64. The van der Waals surface area contributed by atoms with Crippen LogP contribution >= 0.6 is 11.3 Å². The van der Waals surface area contributed by atoms with Gasteiger partial charge in [-0.2, -0.15) is 13.2 Å². The van der Waals surface area contributed by atoms with Crippen molar-refractivity contribution in [1.82, 2.24) is 4.98 Å². The van der Waals surface area contributed by atoms with Crippen molar-refractivity contribution in [1.29, 1.82) is 0 Å². The molecule has 0 amide bonds. The molecule has 0 fully saturated rings. The van der Waals surface area contributed by atoms with Gasteiger partial charge in [0.1, 0.15) is 16.5 Å². The fraction of sp³-hybridized carbons (Fsp3) is 0.167. The molecule has 0 unspecified atom stereocenters. The number of thiazole rings is 1. The summed E-state index contributed by atoms with van der Waals surface area (Å²) in [6.45, 7) is 1.27. The van der Waals surface area contributed by atoms with Crippen LogP contribution in [0.1, 0.15) is 23.0 Å². The van der Waals surface area contributed by atoms with Gasteiger partial charge in [-0.15, -0.1) is 11.3 Å². The van der Waals surface area contributed by atoms with E-state index in [4.69, 9.17) is 0 Å². The van der Waals surface area contributed by atoms with Gasteiger partial charge >= 0.3 is 6.18 Å². The average molecular weight is 289 g/mol. The lowest BCUT2D eigenvalue weighted by Gasteiger charge is -2.10. The first kappa shape index (κ1) is 13.7. The Bertz CT molecular complexity index is 633. The minimum Gasteiger partial charge on any atom is -0.293 e. The topological polar surface area (TPSA) is 30.0 Å². The SMILES string of the molecule is CC(=O)c1csc(-c2ccc(F)cc2C(F)(F)F)n1. The predicted octanol–water partition coefficient (Wildman–Crippen LogP) is 4.17. The van der Waals surface area contributed by atoms with Gasteiger partial charge in [0, 0.05) is 17.9 Å². The number of alkyl halides is 3. The highest BCUT2D eigenvalue weighted by Crippen LogP contribution is 2.38. The fourth-order valence-corrected chi connectivity index (χ4v) is 2.39. The minimum absolute atomic E-state index is 0.0394. The fourth-order valence-electron chi connectivity index (χ4n) is 1.50. The summed E-state index contributed by atoms with van der Waals surface area (Å²) in [5.41, 5.74) is -1.24. The lowest BCUT2D eigenvalue weighted by molar-refractivity contribution is -0.137. The standard InChI is InChI=1S/C12H7F4NOS/c1-6(18)10-5-19-11(17-10)8-3-2-7(13)4-9(8)12(14,15)16/h2-5H,1H3. The molecule has 0 radical (unpaired) electrons. The third-order valence-electron chi connectivity index (χ3n) is 2.38. The molecule has 0 bridgehead atoms. The normalized spacial score (nSPS) is 11.6. The Hall–Kier alpha value is -1.76. The summed E-state index contributed by atoms with van der Waals surface area (Å²) in [6, 6.07) is 2.37. The summed E-state index contributed by atoms with van der Waals surface area (Å²) in [4.78, 5) is 14.9. The lowest BCUT2D eigenvalue weighted by Crippen LogP contribution is -2.07. The Morgan fingerprint density at radius 2 is 2.00 bits per heavy atom. The monoisotopic (exact) mass is 289 g/mol. The van der Waals surface area contributed by atoms with Gasteiger partial charge in [0.2, 0.25) is 0 Å². The Labute approximate surface area is 109 Å². The van der Waals surface area contributed by atoms with Gasteiger partial charge < -0.3 is 0 Å². The van der Waals surface area contributed by atoms with E-state index >= 15 is 0 Å². The van der Waals surface area contributed by atoms with Crippen LogP contribution in [0.3, 0.4) is 0 Å². The number of carbonyl (C=O) groups is 1. The van der Waals surface area contributed by atoms with E-state index in [1.807, 2.05) is 0 Å². The van der Waals surface area contributed by atoms with E-state index in [-0.39, 0.29) is 22.0 Å². The predicted molar refractivity (Wildman–Crippen MR) is 62.5 cm³/mol. The molecule has 0 saturated heterocycles. The maximum absolute atomic E-state index is 13.0. The summed E-state index contributed by atoms with van der Waals surface area (Å²) >= 11 is 0.913. The second kappa shape index (κ2) is 4.73. The molecule has 2 nitrogen and oxygen atoms in total. The molecular formula is C12H7F4NOS. The van der Waals surface area contributed by atoms with Gasteiger partial charge in [-0.25, -0.2) is 9.37 Å². The highest BCUT2D eigenvalue weighted by atomic mass is 32.1. The molecule has 19 heavy (non-hydrogen) atoms. The van der Waals surface area contributed by atoms with Crippen molar-refractivity contribution in [2.45, 2.75) is 13.1 Å². The summed E-state index contributed by atoms with van der Waals surface area (Å²) in [5.74, 6) is -1.31. The smallest absolute Gasteiger partial charge is 0.293 e. The molecule has 1 aromatic carbocycles. The van der Waals surface area contributed by atoms with Crippen molar-refractivity contribution < 1.29 is 22.4 Å². The van der Waals surface area contributed by atoms with Crippen LogP contribution in [0.2, 0.25) is 0 Å². The molecule has 0 aliphatic carbocycles. The molecule has 0 aliphatic rings. The maximum Gasteiger partial charge on any atom is 0.417 e. The number of Topliss-reactive ketones (excluding diaryl/α,β-unsaturated/α-hetero) is 1. The molecular weight excluding hydrogens is 282 g/mol. The minimum atomic E-state index is -4.68. The van der Waals surface area contributed by atoms with Crippen molar-refractivity contribution in [2.24, 2.45) is 0 Å². The largest absolute Gasteiger partial charge is 0.417 e. The van der Waals surface area contributed by atoms with E-state index in [2.05, 4.69) is 4.98 Å². The van der Waals surface area contributed by atoms with Crippen molar-refractivity contribution in [3.63, 3.8) is 0 Å². The van der Waals surface area contributed by atoms with Crippen molar-refractivity contribution in [2.75, 3.05) is 0 Å². The molecule has 0 saturated carbocycles. The number of benzene rings is 1. The van der Waals surface area contributed by atoms with Crippen LogP contribution in [-0.4, -0.2) is 10.8 Å². The molecule has 7 heteroatoms. The first-order chi connectivity index (χ1) is 8.79. The quantitative estimate of drug-likeness (QED) is 0.613. The van der Waals surface area contributed by atoms with Gasteiger partial charge in [-0.3, -0.25) is 4.79 Å². The highest BCUT2D eigenvalue weighted by molar-refractivity contribution is 7.13. The van der Waals surface area contributed by atoms with Crippen LogP contribution < -0.4 is 0 Å². The van der Waals surface area contributed by atoms with E-state index in [0.29, 0.717) is 6.07 Å². The number of ketones is 1. The number of halogens is 4. The van der Waals surface area contributed by atoms with Gasteiger partial charge in [0.25, 0.3) is 0 Å². The zero-order valence-corrected chi connectivity index (χ0v) is 10.4. The molecule has 100 valence electrons. The van der Waals surface area contributed by atoms with E-state index in [1.165, 1.54) is 12.3 Å². The summed E-state index contributed by atoms with van der Waals surface area (Å²) in [5, 5.41) is 1.42. The molecule has 0 atom stereocenters. The lowest BCUT2D eigenvalue weighted by atomic mass is 10.1. The average Bonchev–Trinajstić information content (AvgIpc) is 2.77. The van der Waals surface area contributed by atoms with E-state index < -0.39 is 17.6 Å². The summed E-state index contributed by atoms with van der Waals surface area (Å²) < 4.78 is 51.4. The van der Waals surface area contributed by atoms with Gasteiger partial charge in [0.15, 0.2) is 5.78 Å². The highest BCUT2D eigenvalue weighted by Gasteiger charge is 2.34. The maximum atomic E-state index is 13.0. The van der Waals surface area contributed by atoms with Crippen molar-refractivity contribution in [3.8, 4) is 10.6 Å². The third kappa shape index (κ3) is 2.81. The molecule has 2 aromatic rings. The van der Waals surface area contributed by atoms with Crippen LogP contribution in [-0.2, 0) is 6.18 Å². The molecule has 2 rings (SSSR count). The first-order valence-corrected chi connectivity index (χ1v) is 6.00. The van der Waals surface area contributed by atoms with E-state index in [1.54, 1.807) is 0 Å². The molecule has 1 aromatic heterocycles. The number of hydrogen-bond donors (Lipinski definition) is 0. The van der Waals surface area contributed by atoms with Crippen LogP contribution in [0.25, 0.3) is 10.6 Å². The summed E-state index contributed by atoms with van der Waals surface area (Å²) in [6.07, 6.45) is -4.68. The zero-order valence-electron chi connectivity index (χ0n) is 9.58. The Kier molecular flexibility index (Phi) is 3.40. The number of rotatable bonds is 2. The molecule has 1 heterocycles. The van der Waals surface area contributed by atoms with Crippen molar-refractivity contribution >= 4 is 17.1 Å². The Morgan fingerprint density at radius 3 is 2.53 bits per heavy atom. The number of hydrogen-bond acceptors (Lipinski definition) is 3. The van der Waals surface area contributed by atoms with Crippen LogP contribution in [0.5, 0.6) is 0 Å². The molecule has 0 N–H and O–H groups in total. The first-order valence-electron chi connectivity index (χ1n) is 5.12. The van der Waals surface area contributed by atoms with E-state index in [9.17, 15) is 22.4 Å². The number of aromatic nitrogens is 1. The second-order valence-electron chi connectivity index (χ2n) is 3.78. The molecule has 0 spiro atoms. The van der Waals surface area contributed by atoms with Gasteiger partial charge in [-0.1, -0.05) is 0 Å². The van der Waals surface area contributed by atoms with Crippen LogP contribution in [0.4, 0.5) is 17.6 Å². The Morgan fingerprint density at radius 1 is 1.32 bits per heavy atom. The Balaban J connectivity index is 2.58. The number of nitrogens with zero attached hydrogens (tertiary/aromatic N) is 1. The zero-order chi connectivity index (χ0) is 14.2. The van der Waals surface area contributed by atoms with Gasteiger partial charge in [-0.05, 0) is 18.2 Å². The molecule has 0 aliphatic heterocycles. The third-order valence-corrected chi connectivity index (χ3v) is 3.26.